The Balaban J connectivity index is 1.77. The Morgan fingerprint density at radius 3 is 2.71 bits per heavy atom. The van der Waals surface area contributed by atoms with Crippen LogP contribution in [0.25, 0.3) is 0 Å². The van der Waals surface area contributed by atoms with Gasteiger partial charge < -0.3 is 4.52 Å². The molecule has 0 radical (unpaired) electrons. The van der Waals surface area contributed by atoms with E-state index in [1.165, 1.54) is 44.5 Å². The van der Waals surface area contributed by atoms with Gasteiger partial charge in [-0.1, -0.05) is 25.4 Å². The molecule has 2 atom stereocenters. The summed E-state index contributed by atoms with van der Waals surface area (Å²) >= 11 is 0. The maximum Gasteiger partial charge on any atom is 0.138 e. The molecular formula is C17H29N3O. The second-order valence-corrected chi connectivity index (χ2v) is 7.19. The number of aromatic nitrogens is 1. The zero-order valence-electron chi connectivity index (χ0n) is 13.9. The monoisotopic (exact) mass is 291 g/mol. The molecule has 2 saturated heterocycles. The summed E-state index contributed by atoms with van der Waals surface area (Å²) in [5.41, 5.74) is 2.35. The van der Waals surface area contributed by atoms with Gasteiger partial charge in [0.25, 0.3) is 0 Å². The summed E-state index contributed by atoms with van der Waals surface area (Å²) in [6.45, 7) is 13.5. The minimum Gasteiger partial charge on any atom is -0.361 e. The lowest BCUT2D eigenvalue weighted by Crippen LogP contribution is -2.60. The predicted molar refractivity (Wildman–Crippen MR) is 84.2 cm³/mol. The first-order valence-corrected chi connectivity index (χ1v) is 8.46. The number of hydrogen-bond donors (Lipinski definition) is 0. The number of fused-ring (bicyclic) bond motifs is 1. The minimum absolute atomic E-state index is 0.646. The van der Waals surface area contributed by atoms with E-state index in [0.717, 1.165) is 24.0 Å². The zero-order valence-corrected chi connectivity index (χ0v) is 13.9. The van der Waals surface area contributed by atoms with Crippen LogP contribution in [0.3, 0.4) is 0 Å². The first-order valence-electron chi connectivity index (χ1n) is 8.46. The van der Waals surface area contributed by atoms with Crippen molar-refractivity contribution >= 4 is 0 Å². The van der Waals surface area contributed by atoms with Crippen molar-refractivity contribution < 1.29 is 4.52 Å². The largest absolute Gasteiger partial charge is 0.361 e. The van der Waals surface area contributed by atoms with Crippen molar-refractivity contribution in [2.45, 2.75) is 65.6 Å². The Hall–Kier alpha value is -0.870. The van der Waals surface area contributed by atoms with Crippen molar-refractivity contribution in [3.63, 3.8) is 0 Å². The highest BCUT2D eigenvalue weighted by Crippen LogP contribution is 2.29. The molecule has 21 heavy (non-hydrogen) atoms. The Morgan fingerprint density at radius 2 is 2.05 bits per heavy atom. The number of piperazine rings is 1. The van der Waals surface area contributed by atoms with Gasteiger partial charge in [0.2, 0.25) is 0 Å². The lowest BCUT2D eigenvalue weighted by Gasteiger charge is -2.49. The van der Waals surface area contributed by atoms with E-state index >= 15 is 0 Å². The quantitative estimate of drug-likeness (QED) is 0.857. The first-order chi connectivity index (χ1) is 10.1. The zero-order chi connectivity index (χ0) is 15.0. The molecule has 4 nitrogen and oxygen atoms in total. The number of hydrogen-bond acceptors (Lipinski definition) is 4. The molecular weight excluding hydrogens is 262 g/mol. The van der Waals surface area contributed by atoms with Crippen LogP contribution in [0.15, 0.2) is 4.52 Å². The molecule has 0 saturated carbocycles. The third kappa shape index (κ3) is 3.02. The van der Waals surface area contributed by atoms with Crippen LogP contribution in [-0.4, -0.2) is 46.7 Å². The molecule has 2 aliphatic rings. The average molecular weight is 291 g/mol. The third-order valence-electron chi connectivity index (χ3n) is 5.40. The van der Waals surface area contributed by atoms with Gasteiger partial charge in [0, 0.05) is 37.3 Å². The molecule has 118 valence electrons. The van der Waals surface area contributed by atoms with E-state index < -0.39 is 0 Å². The lowest BCUT2D eigenvalue weighted by atomic mass is 9.91. The fourth-order valence-corrected chi connectivity index (χ4v) is 4.01. The van der Waals surface area contributed by atoms with Crippen LogP contribution in [-0.2, 0) is 6.54 Å². The predicted octanol–water partition coefficient (Wildman–Crippen LogP) is 2.99. The molecule has 3 heterocycles. The van der Waals surface area contributed by atoms with Crippen molar-refractivity contribution in [2.75, 3.05) is 19.6 Å². The number of aryl methyl sites for hydroxylation is 2. The maximum atomic E-state index is 5.35. The second-order valence-electron chi connectivity index (χ2n) is 7.19. The SMILES string of the molecule is Cc1noc(C)c1CN1CC2CCCCN2CC1C(C)C. The molecule has 0 amide bonds. The fraction of sp³-hybridized carbons (Fsp3) is 0.824. The van der Waals surface area contributed by atoms with Crippen LogP contribution < -0.4 is 0 Å². The molecule has 0 bridgehead atoms. The highest BCUT2D eigenvalue weighted by Gasteiger charge is 2.36. The molecule has 1 aromatic rings. The van der Waals surface area contributed by atoms with Gasteiger partial charge in [-0.25, -0.2) is 0 Å². The van der Waals surface area contributed by atoms with Crippen molar-refractivity contribution in [2.24, 2.45) is 5.92 Å². The third-order valence-corrected chi connectivity index (χ3v) is 5.40. The van der Waals surface area contributed by atoms with E-state index in [1.807, 2.05) is 6.92 Å². The molecule has 0 aromatic carbocycles. The van der Waals surface area contributed by atoms with E-state index in [1.54, 1.807) is 0 Å². The summed E-state index contributed by atoms with van der Waals surface area (Å²) in [6, 6.07) is 1.40. The van der Waals surface area contributed by atoms with Gasteiger partial charge in [0.1, 0.15) is 5.76 Å². The number of nitrogens with zero attached hydrogens (tertiary/aromatic N) is 3. The van der Waals surface area contributed by atoms with Crippen LogP contribution in [0.2, 0.25) is 0 Å². The highest BCUT2D eigenvalue weighted by molar-refractivity contribution is 5.21. The van der Waals surface area contributed by atoms with Crippen molar-refractivity contribution in [1.29, 1.82) is 0 Å². The summed E-state index contributed by atoms with van der Waals surface area (Å²) in [7, 11) is 0. The van der Waals surface area contributed by atoms with E-state index in [-0.39, 0.29) is 0 Å². The summed E-state index contributed by atoms with van der Waals surface area (Å²) in [5.74, 6) is 1.68. The molecule has 4 heteroatoms. The standard InChI is InChI=1S/C17H29N3O/c1-12(2)17-11-19-8-6-5-7-15(19)9-20(17)10-16-13(3)18-21-14(16)4/h12,15,17H,5-11H2,1-4H3. The second kappa shape index (κ2) is 6.09. The van der Waals surface area contributed by atoms with Crippen molar-refractivity contribution in [1.82, 2.24) is 15.0 Å². The normalized spacial score (nSPS) is 28.0. The molecule has 2 aliphatic heterocycles. The van der Waals surface area contributed by atoms with Crippen LogP contribution in [0, 0.1) is 19.8 Å². The Bertz CT molecular complexity index is 463. The Kier molecular flexibility index (Phi) is 4.36. The Morgan fingerprint density at radius 1 is 1.24 bits per heavy atom. The number of piperidine rings is 1. The summed E-state index contributed by atoms with van der Waals surface area (Å²) in [5, 5.41) is 4.12. The van der Waals surface area contributed by atoms with Crippen LogP contribution in [0.4, 0.5) is 0 Å². The van der Waals surface area contributed by atoms with Gasteiger partial charge in [-0.3, -0.25) is 9.80 Å². The van der Waals surface area contributed by atoms with E-state index in [2.05, 4.69) is 35.7 Å². The summed E-state index contributed by atoms with van der Waals surface area (Å²) < 4.78 is 5.35. The van der Waals surface area contributed by atoms with Gasteiger partial charge >= 0.3 is 0 Å². The maximum absolute atomic E-state index is 5.35. The van der Waals surface area contributed by atoms with Crippen LogP contribution in [0.5, 0.6) is 0 Å². The molecule has 3 rings (SSSR count). The summed E-state index contributed by atoms with van der Waals surface area (Å²) in [4.78, 5) is 5.42. The first kappa shape index (κ1) is 15.0. The molecule has 0 N–H and O–H groups in total. The van der Waals surface area contributed by atoms with Gasteiger partial charge in [-0.2, -0.15) is 0 Å². The fourth-order valence-electron chi connectivity index (χ4n) is 4.01. The lowest BCUT2D eigenvalue weighted by molar-refractivity contribution is -0.0120. The molecule has 0 aliphatic carbocycles. The Labute approximate surface area is 128 Å². The van der Waals surface area contributed by atoms with Crippen LogP contribution >= 0.6 is 0 Å². The van der Waals surface area contributed by atoms with Crippen molar-refractivity contribution in [3.05, 3.63) is 17.0 Å². The van der Waals surface area contributed by atoms with E-state index in [9.17, 15) is 0 Å². The highest BCUT2D eigenvalue weighted by atomic mass is 16.5. The molecule has 0 spiro atoms. The van der Waals surface area contributed by atoms with E-state index in [4.69, 9.17) is 4.52 Å². The number of rotatable bonds is 3. The van der Waals surface area contributed by atoms with Crippen molar-refractivity contribution in [3.8, 4) is 0 Å². The topological polar surface area (TPSA) is 32.5 Å². The van der Waals surface area contributed by atoms with E-state index in [0.29, 0.717) is 12.0 Å². The van der Waals surface area contributed by atoms with Crippen LogP contribution in [0.1, 0.15) is 50.1 Å². The minimum atomic E-state index is 0.646. The van der Waals surface area contributed by atoms with Gasteiger partial charge in [0.15, 0.2) is 0 Å². The average Bonchev–Trinajstić information content (AvgIpc) is 2.78. The molecule has 2 fully saturated rings. The van der Waals surface area contributed by atoms with Gasteiger partial charge in [-0.15, -0.1) is 0 Å². The smallest absolute Gasteiger partial charge is 0.138 e. The molecule has 2 unspecified atom stereocenters. The summed E-state index contributed by atoms with van der Waals surface area (Å²) in [6.07, 6.45) is 4.14. The van der Waals surface area contributed by atoms with Gasteiger partial charge in [-0.05, 0) is 39.2 Å². The molecule has 1 aromatic heterocycles. The van der Waals surface area contributed by atoms with Gasteiger partial charge in [0.05, 0.1) is 5.69 Å².